The normalized spacial score (nSPS) is 11.0. The van der Waals surface area contributed by atoms with Crippen molar-refractivity contribution >= 4 is 27.6 Å². The van der Waals surface area contributed by atoms with Gasteiger partial charge in [-0.25, -0.2) is 13.6 Å². The van der Waals surface area contributed by atoms with Gasteiger partial charge in [-0.3, -0.25) is 4.79 Å². The number of amides is 1. The molecule has 2 rings (SSSR count). The van der Waals surface area contributed by atoms with Crippen LogP contribution in [0.4, 0.5) is 5.69 Å². The van der Waals surface area contributed by atoms with Crippen molar-refractivity contribution in [2.24, 2.45) is 5.14 Å². The fraction of sp³-hybridized carbons (Fsp3) is 0. The van der Waals surface area contributed by atoms with Crippen LogP contribution in [-0.2, 0) is 10.0 Å². The first kappa shape index (κ1) is 15.7. The molecule has 0 aliphatic heterocycles. The summed E-state index contributed by atoms with van der Waals surface area (Å²) in [5, 5.41) is 18.4. The SMILES string of the molecule is NS(=O)(=O)c1ccc(NC(=O)c2ccccc2C(=O)[O-])cc1. The maximum Gasteiger partial charge on any atom is 0.256 e. The molecule has 1 amide bonds. The van der Waals surface area contributed by atoms with Crippen LogP contribution < -0.4 is 15.6 Å². The van der Waals surface area contributed by atoms with E-state index in [-0.39, 0.29) is 16.0 Å². The minimum Gasteiger partial charge on any atom is -0.545 e. The predicted molar refractivity (Wildman–Crippen MR) is 76.5 cm³/mol. The second-order valence-corrected chi connectivity index (χ2v) is 5.92. The second kappa shape index (κ2) is 5.96. The van der Waals surface area contributed by atoms with Crippen LogP contribution in [0.1, 0.15) is 20.7 Å². The molecule has 0 fully saturated rings. The Kier molecular flexibility index (Phi) is 4.25. The fourth-order valence-corrected chi connectivity index (χ4v) is 2.30. The number of carbonyl (C=O) groups is 2. The van der Waals surface area contributed by atoms with E-state index in [1.54, 1.807) is 0 Å². The van der Waals surface area contributed by atoms with Gasteiger partial charge in [0.25, 0.3) is 5.91 Å². The van der Waals surface area contributed by atoms with E-state index in [1.165, 1.54) is 48.5 Å². The Bertz CT molecular complexity index is 829. The number of nitrogens with one attached hydrogen (secondary N) is 1. The molecule has 0 unspecified atom stereocenters. The molecule has 0 spiro atoms. The third-order valence-electron chi connectivity index (χ3n) is 2.83. The van der Waals surface area contributed by atoms with Crippen molar-refractivity contribution in [3.8, 4) is 0 Å². The van der Waals surface area contributed by atoms with Gasteiger partial charge in [-0.15, -0.1) is 0 Å². The molecule has 3 N–H and O–H groups in total. The molecule has 0 saturated heterocycles. The van der Waals surface area contributed by atoms with E-state index in [0.29, 0.717) is 5.69 Å². The van der Waals surface area contributed by atoms with E-state index in [2.05, 4.69) is 5.32 Å². The summed E-state index contributed by atoms with van der Waals surface area (Å²) in [7, 11) is -3.82. The smallest absolute Gasteiger partial charge is 0.256 e. The lowest BCUT2D eigenvalue weighted by atomic mass is 10.1. The molecule has 0 aromatic heterocycles. The van der Waals surface area contributed by atoms with Crippen molar-refractivity contribution in [3.63, 3.8) is 0 Å². The molecule has 0 aliphatic rings. The molecule has 8 heteroatoms. The number of carboxylic acids is 1. The number of carboxylic acid groups (broad SMARTS) is 1. The third-order valence-corrected chi connectivity index (χ3v) is 3.76. The Morgan fingerprint density at radius 1 is 0.955 bits per heavy atom. The predicted octanol–water partition coefficient (Wildman–Crippen LogP) is -0.0502. The first-order chi connectivity index (χ1) is 10.3. The molecule has 2 aromatic rings. The average molecular weight is 319 g/mol. The Labute approximate surface area is 126 Å². The highest BCUT2D eigenvalue weighted by molar-refractivity contribution is 7.89. The fourth-order valence-electron chi connectivity index (χ4n) is 1.79. The van der Waals surface area contributed by atoms with Crippen LogP contribution in [0, 0.1) is 0 Å². The summed E-state index contributed by atoms with van der Waals surface area (Å²) < 4.78 is 22.3. The van der Waals surface area contributed by atoms with Crippen LogP contribution in [0.3, 0.4) is 0 Å². The minimum atomic E-state index is -3.82. The van der Waals surface area contributed by atoms with Crippen molar-refractivity contribution in [3.05, 3.63) is 59.7 Å². The van der Waals surface area contributed by atoms with E-state index in [1.807, 2.05) is 0 Å². The van der Waals surface area contributed by atoms with Gasteiger partial charge in [-0.05, 0) is 30.3 Å². The van der Waals surface area contributed by atoms with Gasteiger partial charge < -0.3 is 15.2 Å². The quantitative estimate of drug-likeness (QED) is 0.816. The first-order valence-electron chi connectivity index (χ1n) is 6.03. The van der Waals surface area contributed by atoms with Crippen LogP contribution in [0.15, 0.2) is 53.4 Å². The first-order valence-corrected chi connectivity index (χ1v) is 7.58. The molecule has 0 atom stereocenters. The summed E-state index contributed by atoms with van der Waals surface area (Å²) in [4.78, 5) is 22.9. The zero-order valence-electron chi connectivity index (χ0n) is 11.1. The Balaban J connectivity index is 2.25. The zero-order chi connectivity index (χ0) is 16.3. The second-order valence-electron chi connectivity index (χ2n) is 4.36. The lowest BCUT2D eigenvalue weighted by molar-refractivity contribution is -0.255. The maximum atomic E-state index is 12.1. The number of benzene rings is 2. The van der Waals surface area contributed by atoms with E-state index in [0.717, 1.165) is 0 Å². The molecular weight excluding hydrogens is 308 g/mol. The number of primary sulfonamides is 1. The molecule has 2 aromatic carbocycles. The molecule has 0 saturated carbocycles. The van der Waals surface area contributed by atoms with E-state index in [9.17, 15) is 23.1 Å². The highest BCUT2D eigenvalue weighted by atomic mass is 32.2. The number of nitrogens with two attached hydrogens (primary N) is 1. The number of rotatable bonds is 4. The summed E-state index contributed by atoms with van der Waals surface area (Å²) in [5.74, 6) is -2.11. The number of hydrogen-bond donors (Lipinski definition) is 2. The molecule has 0 radical (unpaired) electrons. The van der Waals surface area contributed by atoms with Crippen molar-refractivity contribution in [1.29, 1.82) is 0 Å². The molecule has 0 bridgehead atoms. The van der Waals surface area contributed by atoms with Gasteiger partial charge in [0.15, 0.2) is 0 Å². The summed E-state index contributed by atoms with van der Waals surface area (Å²) in [6, 6.07) is 10.8. The number of sulfonamides is 1. The number of carbonyl (C=O) groups excluding carboxylic acids is 2. The van der Waals surface area contributed by atoms with Crippen LogP contribution >= 0.6 is 0 Å². The number of aromatic carboxylic acids is 1. The third kappa shape index (κ3) is 3.48. The van der Waals surface area contributed by atoms with E-state index >= 15 is 0 Å². The van der Waals surface area contributed by atoms with Gasteiger partial charge in [-0.1, -0.05) is 18.2 Å². The van der Waals surface area contributed by atoms with Crippen molar-refractivity contribution in [2.75, 3.05) is 5.32 Å². The zero-order valence-corrected chi connectivity index (χ0v) is 12.0. The van der Waals surface area contributed by atoms with Crippen molar-refractivity contribution in [1.82, 2.24) is 0 Å². The van der Waals surface area contributed by atoms with Gasteiger partial charge >= 0.3 is 0 Å². The van der Waals surface area contributed by atoms with Gasteiger partial charge in [0, 0.05) is 16.8 Å². The highest BCUT2D eigenvalue weighted by Gasteiger charge is 2.12. The average Bonchev–Trinajstić information content (AvgIpc) is 2.46. The topological polar surface area (TPSA) is 129 Å². The summed E-state index contributed by atoms with van der Waals surface area (Å²) in [6.07, 6.45) is 0. The molecule has 0 aliphatic carbocycles. The number of hydrogen-bond acceptors (Lipinski definition) is 5. The van der Waals surface area contributed by atoms with Gasteiger partial charge in [-0.2, -0.15) is 0 Å². The van der Waals surface area contributed by atoms with Crippen LogP contribution in [0.2, 0.25) is 0 Å². The molecular formula is C14H11N2O5S-. The number of anilines is 1. The van der Waals surface area contributed by atoms with Crippen LogP contribution in [-0.4, -0.2) is 20.3 Å². The monoisotopic (exact) mass is 319 g/mol. The maximum absolute atomic E-state index is 12.1. The van der Waals surface area contributed by atoms with E-state index in [4.69, 9.17) is 5.14 Å². The van der Waals surface area contributed by atoms with Crippen LogP contribution in [0.25, 0.3) is 0 Å². The minimum absolute atomic E-state index is 0.0574. The molecule has 114 valence electrons. The van der Waals surface area contributed by atoms with Gasteiger partial charge in [0.2, 0.25) is 10.0 Å². The molecule has 0 heterocycles. The largest absolute Gasteiger partial charge is 0.545 e. The standard InChI is InChI=1S/C14H12N2O5S/c15-22(20,21)10-7-5-9(6-8-10)16-13(17)11-3-1-2-4-12(11)14(18)19/h1-8H,(H,16,17)(H,18,19)(H2,15,20,21)/p-1. The van der Waals surface area contributed by atoms with E-state index < -0.39 is 21.9 Å². The summed E-state index contributed by atoms with van der Waals surface area (Å²) in [5.41, 5.74) is 0.00438. The van der Waals surface area contributed by atoms with Gasteiger partial charge in [0.1, 0.15) is 0 Å². The van der Waals surface area contributed by atoms with Crippen molar-refractivity contribution in [2.45, 2.75) is 4.90 Å². The Morgan fingerprint density at radius 2 is 1.50 bits per heavy atom. The Morgan fingerprint density at radius 3 is 2.00 bits per heavy atom. The van der Waals surface area contributed by atoms with Crippen LogP contribution in [0.5, 0.6) is 0 Å². The summed E-state index contributed by atoms with van der Waals surface area (Å²) >= 11 is 0. The molecule has 7 nitrogen and oxygen atoms in total. The molecule has 22 heavy (non-hydrogen) atoms. The van der Waals surface area contributed by atoms with Crippen molar-refractivity contribution < 1.29 is 23.1 Å². The lowest BCUT2D eigenvalue weighted by Crippen LogP contribution is -2.26. The lowest BCUT2D eigenvalue weighted by Gasteiger charge is -2.11. The highest BCUT2D eigenvalue weighted by Crippen LogP contribution is 2.15. The Hall–Kier alpha value is -2.71. The van der Waals surface area contributed by atoms with Gasteiger partial charge in [0.05, 0.1) is 10.9 Å². The summed E-state index contributed by atoms with van der Waals surface area (Å²) in [6.45, 7) is 0.